The molecule has 27 heavy (non-hydrogen) atoms. The number of hydrogen-bond acceptors (Lipinski definition) is 5. The van der Waals surface area contributed by atoms with E-state index in [4.69, 9.17) is 4.74 Å². The first-order chi connectivity index (χ1) is 13.0. The monoisotopic (exact) mass is 373 g/mol. The van der Waals surface area contributed by atoms with E-state index >= 15 is 0 Å². The molecule has 0 bridgehead atoms. The smallest absolute Gasteiger partial charge is 0.330 e. The highest BCUT2D eigenvalue weighted by molar-refractivity contribution is 5.25. The number of nitrogens with one attached hydrogen (secondary N) is 2. The molecule has 0 spiro atoms. The molecule has 0 unspecified atom stereocenters. The van der Waals surface area contributed by atoms with Crippen molar-refractivity contribution in [3.8, 4) is 0 Å². The second-order valence-electron chi connectivity index (χ2n) is 6.99. The molecule has 0 saturated carbocycles. The van der Waals surface area contributed by atoms with E-state index in [0.29, 0.717) is 24.9 Å². The molecule has 1 aliphatic heterocycles. The summed E-state index contributed by atoms with van der Waals surface area (Å²) >= 11 is 0. The number of ether oxygens (including phenoxy) is 1. The molecule has 3 atom stereocenters. The van der Waals surface area contributed by atoms with Crippen LogP contribution in [0, 0.1) is 6.92 Å². The van der Waals surface area contributed by atoms with Gasteiger partial charge in [0, 0.05) is 24.7 Å². The molecule has 1 aromatic heterocycles. The molecule has 1 aliphatic rings. The molecule has 7 nitrogen and oxygen atoms in total. The normalized spacial score (nSPS) is 22.3. The molecule has 2 aromatic rings. The Labute approximate surface area is 158 Å². The fourth-order valence-electron chi connectivity index (χ4n) is 3.42. The van der Waals surface area contributed by atoms with Gasteiger partial charge in [-0.05, 0) is 37.4 Å². The summed E-state index contributed by atoms with van der Waals surface area (Å²) in [5, 5.41) is 13.6. The molecule has 2 heterocycles. The molecule has 7 heteroatoms. The van der Waals surface area contributed by atoms with E-state index in [2.05, 4.69) is 29.4 Å². The minimum Gasteiger partial charge on any atom is -0.390 e. The number of aliphatic hydroxyl groups excluding tert-OH is 1. The number of hydrogen-bond donors (Lipinski definition) is 3. The third-order valence-electron chi connectivity index (χ3n) is 5.11. The summed E-state index contributed by atoms with van der Waals surface area (Å²) in [7, 11) is 0. The van der Waals surface area contributed by atoms with Crippen molar-refractivity contribution in [2.24, 2.45) is 0 Å². The molecule has 0 amide bonds. The van der Waals surface area contributed by atoms with Gasteiger partial charge in [0.05, 0.1) is 12.2 Å². The Hall–Kier alpha value is -2.22. The zero-order valence-electron chi connectivity index (χ0n) is 15.8. The minimum absolute atomic E-state index is 0.319. The average molecular weight is 373 g/mol. The van der Waals surface area contributed by atoms with Crippen molar-refractivity contribution < 1.29 is 9.84 Å². The fraction of sp³-hybridized carbons (Fsp3) is 0.500. The zero-order chi connectivity index (χ0) is 19.4. The molecule has 0 radical (unpaired) electrons. The summed E-state index contributed by atoms with van der Waals surface area (Å²) in [6.45, 7) is 5.23. The summed E-state index contributed by atoms with van der Waals surface area (Å²) in [6, 6.07) is 8.26. The van der Waals surface area contributed by atoms with E-state index in [1.165, 1.54) is 21.9 Å². The molecule has 3 rings (SSSR count). The lowest BCUT2D eigenvalue weighted by atomic mass is 10.1. The second kappa shape index (κ2) is 8.65. The van der Waals surface area contributed by atoms with Crippen LogP contribution < -0.4 is 16.6 Å². The molecule has 3 N–H and O–H groups in total. The quantitative estimate of drug-likeness (QED) is 0.627. The predicted octanol–water partition coefficient (Wildman–Crippen LogP) is 0.888. The number of rotatable bonds is 7. The van der Waals surface area contributed by atoms with Gasteiger partial charge in [-0.2, -0.15) is 0 Å². The molecule has 0 aliphatic carbocycles. The second-order valence-corrected chi connectivity index (χ2v) is 6.99. The van der Waals surface area contributed by atoms with Gasteiger partial charge in [-0.1, -0.05) is 31.2 Å². The Morgan fingerprint density at radius 1 is 1.30 bits per heavy atom. The van der Waals surface area contributed by atoms with E-state index in [9.17, 15) is 14.7 Å². The lowest BCUT2D eigenvalue weighted by Gasteiger charge is -2.17. The first kappa shape index (κ1) is 19.5. The maximum atomic E-state index is 12.1. The van der Waals surface area contributed by atoms with Crippen molar-refractivity contribution in [1.82, 2.24) is 14.9 Å². The third kappa shape index (κ3) is 4.55. The van der Waals surface area contributed by atoms with Crippen LogP contribution in [0.3, 0.4) is 0 Å². The first-order valence-electron chi connectivity index (χ1n) is 9.42. The Bertz CT molecular complexity index is 889. The Kier molecular flexibility index (Phi) is 6.26. The van der Waals surface area contributed by atoms with Crippen molar-refractivity contribution in [3.05, 3.63) is 68.0 Å². The molecule has 1 saturated heterocycles. The molecule has 146 valence electrons. The van der Waals surface area contributed by atoms with Crippen molar-refractivity contribution >= 4 is 0 Å². The van der Waals surface area contributed by atoms with Gasteiger partial charge >= 0.3 is 5.69 Å². The highest BCUT2D eigenvalue weighted by Crippen LogP contribution is 2.27. The van der Waals surface area contributed by atoms with E-state index < -0.39 is 24.1 Å². The van der Waals surface area contributed by atoms with Crippen molar-refractivity contribution in [1.29, 1.82) is 0 Å². The van der Waals surface area contributed by atoms with Gasteiger partial charge in [-0.25, -0.2) is 4.79 Å². The van der Waals surface area contributed by atoms with Crippen molar-refractivity contribution in [3.63, 3.8) is 0 Å². The number of aromatic amines is 1. The van der Waals surface area contributed by atoms with Gasteiger partial charge in [-0.3, -0.25) is 14.3 Å². The largest absolute Gasteiger partial charge is 0.390 e. The number of aromatic nitrogens is 2. The van der Waals surface area contributed by atoms with Crippen LogP contribution in [-0.2, 0) is 17.6 Å². The van der Waals surface area contributed by atoms with E-state index in [1.807, 2.05) is 19.1 Å². The molecular formula is C20H27N3O4. The molecular weight excluding hydrogens is 346 g/mol. The number of aliphatic hydroxyl groups is 1. The Morgan fingerprint density at radius 3 is 2.81 bits per heavy atom. The lowest BCUT2D eigenvalue weighted by molar-refractivity contribution is -0.0192. The summed E-state index contributed by atoms with van der Waals surface area (Å²) in [5.74, 6) is 0. The molecule has 1 fully saturated rings. The number of nitrogens with zero attached hydrogens (tertiary/aromatic N) is 1. The highest BCUT2D eigenvalue weighted by atomic mass is 16.5. The third-order valence-corrected chi connectivity index (χ3v) is 5.11. The number of benzene rings is 1. The standard InChI is InChI=1S/C20H27N3O4/c1-3-14-12-23(20(26)22-19(14)25)18-10-16(24)17(27-18)11-21-9-8-15-7-5-4-6-13(15)2/h4-7,12,16-18,21,24H,3,8-11H2,1-2H3,(H,22,25,26)/t16-,17+,18+/m0/s1. The van der Waals surface area contributed by atoms with Crippen molar-refractivity contribution in [2.75, 3.05) is 13.1 Å². The Morgan fingerprint density at radius 2 is 2.07 bits per heavy atom. The minimum atomic E-state index is -0.662. The van der Waals surface area contributed by atoms with Gasteiger partial charge in [0.1, 0.15) is 6.23 Å². The number of H-pyrrole nitrogens is 1. The predicted molar refractivity (Wildman–Crippen MR) is 103 cm³/mol. The van der Waals surface area contributed by atoms with Gasteiger partial charge in [0.15, 0.2) is 0 Å². The van der Waals surface area contributed by atoms with Crippen LogP contribution in [0.5, 0.6) is 0 Å². The van der Waals surface area contributed by atoms with Crippen LogP contribution in [0.4, 0.5) is 0 Å². The fourth-order valence-corrected chi connectivity index (χ4v) is 3.42. The van der Waals surface area contributed by atoms with E-state index in [-0.39, 0.29) is 5.56 Å². The van der Waals surface area contributed by atoms with E-state index in [0.717, 1.165) is 13.0 Å². The maximum absolute atomic E-state index is 12.1. The number of aryl methyl sites for hydroxylation is 2. The van der Waals surface area contributed by atoms with Gasteiger partial charge in [0.25, 0.3) is 5.56 Å². The van der Waals surface area contributed by atoms with Gasteiger partial charge in [0.2, 0.25) is 0 Å². The van der Waals surface area contributed by atoms with Crippen LogP contribution in [-0.4, -0.2) is 40.0 Å². The molecule has 1 aromatic carbocycles. The Balaban J connectivity index is 1.56. The van der Waals surface area contributed by atoms with Crippen LogP contribution >= 0.6 is 0 Å². The first-order valence-corrected chi connectivity index (χ1v) is 9.42. The highest BCUT2D eigenvalue weighted by Gasteiger charge is 2.35. The topological polar surface area (TPSA) is 96.3 Å². The van der Waals surface area contributed by atoms with Crippen LogP contribution in [0.2, 0.25) is 0 Å². The SMILES string of the molecule is CCc1cn([C@H]2C[C@H](O)[C@@H](CNCCc3ccccc3C)O2)c(=O)[nH]c1=O. The van der Waals surface area contributed by atoms with E-state index in [1.54, 1.807) is 0 Å². The van der Waals surface area contributed by atoms with Crippen LogP contribution in [0.25, 0.3) is 0 Å². The summed E-state index contributed by atoms with van der Waals surface area (Å²) in [6.07, 6.45) is 1.65. The van der Waals surface area contributed by atoms with Crippen LogP contribution in [0.15, 0.2) is 40.1 Å². The van der Waals surface area contributed by atoms with Gasteiger partial charge in [-0.15, -0.1) is 0 Å². The van der Waals surface area contributed by atoms with Crippen LogP contribution in [0.1, 0.15) is 36.3 Å². The summed E-state index contributed by atoms with van der Waals surface area (Å²) in [5.41, 5.74) is 2.20. The van der Waals surface area contributed by atoms with Crippen molar-refractivity contribution in [2.45, 2.75) is 51.5 Å². The summed E-state index contributed by atoms with van der Waals surface area (Å²) < 4.78 is 7.26. The lowest BCUT2D eigenvalue weighted by Crippen LogP contribution is -2.36. The maximum Gasteiger partial charge on any atom is 0.330 e. The van der Waals surface area contributed by atoms with Gasteiger partial charge < -0.3 is 15.2 Å². The summed E-state index contributed by atoms with van der Waals surface area (Å²) in [4.78, 5) is 26.1. The average Bonchev–Trinajstić information content (AvgIpc) is 3.01. The zero-order valence-corrected chi connectivity index (χ0v) is 15.8.